The molecule has 0 unspecified atom stereocenters. The van der Waals surface area contributed by atoms with Gasteiger partial charge < -0.3 is 4.42 Å². The first kappa shape index (κ1) is 19.9. The average molecular weight is 423 g/mol. The summed E-state index contributed by atoms with van der Waals surface area (Å²) in [5, 5.41) is 0.674. The third-order valence-corrected chi connectivity index (χ3v) is 6.91. The van der Waals surface area contributed by atoms with Crippen molar-refractivity contribution in [3.05, 3.63) is 71.2 Å². The molecule has 3 aromatic rings. The van der Waals surface area contributed by atoms with Gasteiger partial charge in [-0.3, -0.25) is 0 Å². The summed E-state index contributed by atoms with van der Waals surface area (Å²) in [7, 11) is -0.372. The Morgan fingerprint density at radius 1 is 1.11 bits per heavy atom. The summed E-state index contributed by atoms with van der Waals surface area (Å²) >= 11 is 7.51. The zero-order valence-electron chi connectivity index (χ0n) is 14.9. The van der Waals surface area contributed by atoms with E-state index >= 15 is 0 Å². The van der Waals surface area contributed by atoms with Crippen LogP contribution in [0, 0.1) is 0 Å². The minimum atomic E-state index is -3.42. The quantitative estimate of drug-likeness (QED) is 0.553. The molecule has 1 heterocycles. The molecule has 0 bridgehead atoms. The predicted molar refractivity (Wildman–Crippen MR) is 109 cm³/mol. The molecule has 8 heteroatoms. The standard InChI is InChI=1S/C19H19ClN2O3S2/c1-22(2)27(23,24)17-5-3-4-14(10-17)12-26-13-19-21-11-18(25-19)15-6-8-16(20)9-7-15/h3-11H,12-13H2,1-2H3. The Bertz CT molecular complexity index is 1020. The summed E-state index contributed by atoms with van der Waals surface area (Å²) in [6.07, 6.45) is 1.70. The molecule has 2 aromatic carbocycles. The van der Waals surface area contributed by atoms with Gasteiger partial charge in [-0.05, 0) is 42.0 Å². The van der Waals surface area contributed by atoms with E-state index < -0.39 is 10.0 Å². The number of sulfonamides is 1. The molecule has 0 aliphatic heterocycles. The molecule has 0 saturated carbocycles. The van der Waals surface area contributed by atoms with Gasteiger partial charge >= 0.3 is 0 Å². The molecule has 3 rings (SSSR count). The second-order valence-electron chi connectivity index (χ2n) is 6.05. The molecule has 0 fully saturated rings. The van der Waals surface area contributed by atoms with Crippen LogP contribution in [0.3, 0.4) is 0 Å². The lowest BCUT2D eigenvalue weighted by Crippen LogP contribution is -2.22. The Morgan fingerprint density at radius 2 is 1.85 bits per heavy atom. The minimum Gasteiger partial charge on any atom is -0.440 e. The molecule has 27 heavy (non-hydrogen) atoms. The summed E-state index contributed by atoms with van der Waals surface area (Å²) in [5.74, 6) is 2.58. The zero-order valence-corrected chi connectivity index (χ0v) is 17.3. The number of aromatic nitrogens is 1. The molecule has 0 saturated heterocycles. The maximum atomic E-state index is 12.2. The van der Waals surface area contributed by atoms with Crippen LogP contribution in [0.4, 0.5) is 0 Å². The van der Waals surface area contributed by atoms with Crippen molar-refractivity contribution in [2.24, 2.45) is 0 Å². The first-order valence-corrected chi connectivity index (χ1v) is 11.1. The van der Waals surface area contributed by atoms with E-state index in [4.69, 9.17) is 16.0 Å². The molecule has 0 aliphatic rings. The van der Waals surface area contributed by atoms with Gasteiger partial charge in [0, 0.05) is 30.4 Å². The van der Waals surface area contributed by atoms with Crippen molar-refractivity contribution in [2.45, 2.75) is 16.4 Å². The number of thioether (sulfide) groups is 1. The fourth-order valence-electron chi connectivity index (χ4n) is 2.39. The van der Waals surface area contributed by atoms with Crippen LogP contribution >= 0.6 is 23.4 Å². The van der Waals surface area contributed by atoms with Crippen LogP contribution in [0.5, 0.6) is 0 Å². The zero-order chi connectivity index (χ0) is 19.4. The van der Waals surface area contributed by atoms with Crippen LogP contribution in [0.15, 0.2) is 64.0 Å². The molecule has 142 valence electrons. The molecule has 0 amide bonds. The molecule has 0 radical (unpaired) electrons. The largest absolute Gasteiger partial charge is 0.440 e. The molecule has 5 nitrogen and oxygen atoms in total. The van der Waals surface area contributed by atoms with Crippen LogP contribution in [0.25, 0.3) is 11.3 Å². The Hall–Kier alpha value is -1.80. The monoisotopic (exact) mass is 422 g/mol. The Balaban J connectivity index is 1.62. The number of hydrogen-bond donors (Lipinski definition) is 0. The number of oxazole rings is 1. The molecule has 0 spiro atoms. The number of benzene rings is 2. The second kappa shape index (κ2) is 8.48. The van der Waals surface area contributed by atoms with E-state index in [1.807, 2.05) is 30.3 Å². The normalized spacial score (nSPS) is 11.9. The van der Waals surface area contributed by atoms with E-state index in [2.05, 4.69) is 4.98 Å². The van der Waals surface area contributed by atoms with Crippen LogP contribution in [-0.2, 0) is 21.5 Å². The number of rotatable bonds is 7. The number of hydrogen-bond acceptors (Lipinski definition) is 5. The minimum absolute atomic E-state index is 0.298. The van der Waals surface area contributed by atoms with Crippen LogP contribution in [0.2, 0.25) is 5.02 Å². The van der Waals surface area contributed by atoms with Crippen LogP contribution in [-0.4, -0.2) is 31.8 Å². The van der Waals surface area contributed by atoms with Crippen molar-refractivity contribution < 1.29 is 12.8 Å². The van der Waals surface area contributed by atoms with Gasteiger partial charge in [-0.2, -0.15) is 0 Å². The average Bonchev–Trinajstić information content (AvgIpc) is 3.11. The van der Waals surface area contributed by atoms with Gasteiger partial charge in [0.2, 0.25) is 15.9 Å². The lowest BCUT2D eigenvalue weighted by molar-refractivity contribution is 0.520. The van der Waals surface area contributed by atoms with Crippen molar-refractivity contribution in [1.82, 2.24) is 9.29 Å². The molecule has 0 atom stereocenters. The maximum Gasteiger partial charge on any atom is 0.242 e. The van der Waals surface area contributed by atoms with Gasteiger partial charge in [-0.15, -0.1) is 11.8 Å². The highest BCUT2D eigenvalue weighted by Crippen LogP contribution is 2.25. The first-order valence-electron chi connectivity index (χ1n) is 8.16. The Kier molecular flexibility index (Phi) is 6.26. The third-order valence-electron chi connectivity index (χ3n) is 3.85. The topological polar surface area (TPSA) is 63.4 Å². The highest BCUT2D eigenvalue weighted by molar-refractivity contribution is 7.97. The molecule has 0 aliphatic carbocycles. The highest BCUT2D eigenvalue weighted by atomic mass is 35.5. The first-order chi connectivity index (χ1) is 12.9. The lowest BCUT2D eigenvalue weighted by atomic mass is 10.2. The fraction of sp³-hybridized carbons (Fsp3) is 0.211. The summed E-state index contributed by atoms with van der Waals surface area (Å²) < 4.78 is 31.4. The fourth-order valence-corrected chi connectivity index (χ4v) is 4.31. The smallest absolute Gasteiger partial charge is 0.242 e. The maximum absolute atomic E-state index is 12.2. The van der Waals surface area contributed by atoms with E-state index in [9.17, 15) is 8.42 Å². The predicted octanol–water partition coefficient (Wildman–Crippen LogP) is 4.68. The van der Waals surface area contributed by atoms with Crippen molar-refractivity contribution in [2.75, 3.05) is 14.1 Å². The van der Waals surface area contributed by atoms with Crippen molar-refractivity contribution in [1.29, 1.82) is 0 Å². The van der Waals surface area contributed by atoms with E-state index in [0.29, 0.717) is 33.1 Å². The van der Waals surface area contributed by atoms with Gasteiger partial charge in [0.1, 0.15) is 0 Å². The van der Waals surface area contributed by atoms with Crippen molar-refractivity contribution >= 4 is 33.4 Å². The Morgan fingerprint density at radius 3 is 2.56 bits per heavy atom. The third kappa shape index (κ3) is 4.93. The van der Waals surface area contributed by atoms with Crippen molar-refractivity contribution in [3.8, 4) is 11.3 Å². The second-order valence-corrected chi connectivity index (χ2v) is 9.63. The summed E-state index contributed by atoms with van der Waals surface area (Å²) in [6.45, 7) is 0. The van der Waals surface area contributed by atoms with E-state index in [0.717, 1.165) is 11.1 Å². The SMILES string of the molecule is CN(C)S(=O)(=O)c1cccc(CSCc2ncc(-c3ccc(Cl)cc3)o2)c1. The van der Waals surface area contributed by atoms with E-state index in [-0.39, 0.29) is 0 Å². The molecular weight excluding hydrogens is 404 g/mol. The van der Waals surface area contributed by atoms with Gasteiger partial charge in [0.15, 0.2) is 5.76 Å². The Labute approximate surface area is 168 Å². The van der Waals surface area contributed by atoms with Gasteiger partial charge in [-0.1, -0.05) is 23.7 Å². The number of halogens is 1. The lowest BCUT2D eigenvalue weighted by Gasteiger charge is -2.12. The van der Waals surface area contributed by atoms with Gasteiger partial charge in [-0.25, -0.2) is 17.7 Å². The van der Waals surface area contributed by atoms with Gasteiger partial charge in [0.05, 0.1) is 16.8 Å². The molecule has 1 aromatic heterocycles. The summed E-state index contributed by atoms with van der Waals surface area (Å²) in [5.41, 5.74) is 1.86. The van der Waals surface area contributed by atoms with Gasteiger partial charge in [0.25, 0.3) is 0 Å². The molecular formula is C19H19ClN2O3S2. The van der Waals surface area contributed by atoms with Crippen LogP contribution in [0.1, 0.15) is 11.5 Å². The molecule has 0 N–H and O–H groups in total. The number of nitrogens with zero attached hydrogens (tertiary/aromatic N) is 2. The van der Waals surface area contributed by atoms with E-state index in [1.165, 1.54) is 18.4 Å². The van der Waals surface area contributed by atoms with Crippen molar-refractivity contribution in [3.63, 3.8) is 0 Å². The van der Waals surface area contributed by atoms with E-state index in [1.54, 1.807) is 36.2 Å². The highest BCUT2D eigenvalue weighted by Gasteiger charge is 2.17. The van der Waals surface area contributed by atoms with Crippen LogP contribution < -0.4 is 0 Å². The summed E-state index contributed by atoms with van der Waals surface area (Å²) in [6, 6.07) is 14.4. The summed E-state index contributed by atoms with van der Waals surface area (Å²) in [4.78, 5) is 4.60.